The van der Waals surface area contributed by atoms with Gasteiger partial charge in [-0.3, -0.25) is 4.79 Å². The van der Waals surface area contributed by atoms with Gasteiger partial charge in [0.15, 0.2) is 0 Å². The quantitative estimate of drug-likeness (QED) is 0.573. The van der Waals surface area contributed by atoms with Crippen LogP contribution in [-0.2, 0) is 20.7 Å². The molecule has 0 bridgehead atoms. The van der Waals surface area contributed by atoms with Crippen LogP contribution in [0.1, 0.15) is 32.3 Å². The Morgan fingerprint density at radius 1 is 1.18 bits per heavy atom. The molecule has 2 aromatic rings. The van der Waals surface area contributed by atoms with E-state index in [1.165, 1.54) is 16.3 Å². The maximum atomic E-state index is 12.9. The van der Waals surface area contributed by atoms with Crippen LogP contribution in [0.3, 0.4) is 0 Å². The van der Waals surface area contributed by atoms with Gasteiger partial charge in [-0.1, -0.05) is 56.3 Å². The van der Waals surface area contributed by atoms with Crippen LogP contribution in [0.2, 0.25) is 0 Å². The predicted octanol–water partition coefficient (Wildman–Crippen LogP) is 4.31. The molecule has 0 radical (unpaired) electrons. The number of carbonyl (C=O) groups is 1. The molecule has 1 aliphatic rings. The van der Waals surface area contributed by atoms with E-state index in [1.807, 2.05) is 0 Å². The normalized spacial score (nSPS) is 17.9. The largest absolute Gasteiger partial charge is 0.464 e. The second-order valence-corrected chi connectivity index (χ2v) is 7.70. The number of rotatable bonds is 10. The lowest BCUT2D eigenvalue weighted by atomic mass is 9.87. The summed E-state index contributed by atoms with van der Waals surface area (Å²) >= 11 is 0. The predicted molar refractivity (Wildman–Crippen MR) is 113 cm³/mol. The van der Waals surface area contributed by atoms with Crippen molar-refractivity contribution < 1.29 is 14.3 Å². The summed E-state index contributed by atoms with van der Waals surface area (Å²) in [7, 11) is 0. The maximum absolute atomic E-state index is 12.9. The van der Waals surface area contributed by atoms with Gasteiger partial charge in [0.05, 0.1) is 5.92 Å². The highest BCUT2D eigenvalue weighted by molar-refractivity contribution is 5.86. The molecule has 0 aliphatic carbocycles. The molecule has 0 amide bonds. The number of ether oxygens (including phenoxy) is 2. The Bertz CT molecular complexity index is 745. The molecule has 0 N–H and O–H groups in total. The molecule has 1 fully saturated rings. The minimum absolute atomic E-state index is 0.0630. The summed E-state index contributed by atoms with van der Waals surface area (Å²) < 4.78 is 11.3. The number of nitrogens with zero attached hydrogens (tertiary/aromatic N) is 1. The molecule has 0 saturated carbocycles. The van der Waals surface area contributed by atoms with Crippen LogP contribution < -0.4 is 0 Å². The zero-order chi connectivity index (χ0) is 19.8. The standard InChI is InChI=1S/C24H33NO3/c1-3-25(4-2)13-15-28-24(26)22(16-19-12-14-27-18-19)17-21-10-7-9-20-8-5-6-11-23(20)21/h5-11,19,22H,3-4,12-18H2,1-2H3. The van der Waals surface area contributed by atoms with Gasteiger partial charge in [0.2, 0.25) is 0 Å². The van der Waals surface area contributed by atoms with Gasteiger partial charge in [-0.15, -0.1) is 0 Å². The Morgan fingerprint density at radius 2 is 1.96 bits per heavy atom. The van der Waals surface area contributed by atoms with Crippen molar-refractivity contribution in [2.24, 2.45) is 11.8 Å². The Kier molecular flexibility index (Phi) is 7.87. The molecule has 4 heteroatoms. The fraction of sp³-hybridized carbons (Fsp3) is 0.542. The summed E-state index contributed by atoms with van der Waals surface area (Å²) in [6.45, 7) is 9.06. The van der Waals surface area contributed by atoms with E-state index in [9.17, 15) is 4.79 Å². The van der Waals surface area contributed by atoms with Crippen LogP contribution in [0.15, 0.2) is 42.5 Å². The molecule has 1 heterocycles. The van der Waals surface area contributed by atoms with Crippen LogP contribution >= 0.6 is 0 Å². The number of esters is 1. The fourth-order valence-corrected chi connectivity index (χ4v) is 4.10. The van der Waals surface area contributed by atoms with E-state index in [0.717, 1.165) is 52.1 Å². The molecular weight excluding hydrogens is 350 g/mol. The van der Waals surface area contributed by atoms with Crippen molar-refractivity contribution in [1.29, 1.82) is 0 Å². The van der Waals surface area contributed by atoms with Gasteiger partial charge in [-0.05, 0) is 54.6 Å². The summed E-state index contributed by atoms with van der Waals surface area (Å²) in [6, 6.07) is 14.7. The third kappa shape index (κ3) is 5.55. The number of fused-ring (bicyclic) bond motifs is 1. The molecule has 152 valence electrons. The van der Waals surface area contributed by atoms with Gasteiger partial charge in [-0.25, -0.2) is 0 Å². The molecule has 1 saturated heterocycles. The highest BCUT2D eigenvalue weighted by Gasteiger charge is 2.27. The van der Waals surface area contributed by atoms with Gasteiger partial charge in [-0.2, -0.15) is 0 Å². The average molecular weight is 384 g/mol. The third-order valence-corrected chi connectivity index (χ3v) is 5.87. The monoisotopic (exact) mass is 383 g/mol. The first-order valence-corrected chi connectivity index (χ1v) is 10.6. The Hall–Kier alpha value is -1.91. The zero-order valence-electron chi connectivity index (χ0n) is 17.2. The van der Waals surface area contributed by atoms with E-state index in [1.54, 1.807) is 0 Å². The zero-order valence-corrected chi connectivity index (χ0v) is 17.2. The molecule has 3 rings (SSSR count). The lowest BCUT2D eigenvalue weighted by Crippen LogP contribution is -2.30. The van der Waals surface area contributed by atoms with Crippen molar-refractivity contribution in [2.45, 2.75) is 33.1 Å². The van der Waals surface area contributed by atoms with Crippen molar-refractivity contribution in [3.63, 3.8) is 0 Å². The first-order chi connectivity index (χ1) is 13.7. The molecule has 0 aromatic heterocycles. The van der Waals surface area contributed by atoms with E-state index >= 15 is 0 Å². The molecular formula is C24H33NO3. The minimum Gasteiger partial charge on any atom is -0.464 e. The third-order valence-electron chi connectivity index (χ3n) is 5.87. The maximum Gasteiger partial charge on any atom is 0.309 e. The Labute approximate surface area is 168 Å². The minimum atomic E-state index is -0.116. The molecule has 2 unspecified atom stereocenters. The van der Waals surface area contributed by atoms with E-state index in [0.29, 0.717) is 12.5 Å². The van der Waals surface area contributed by atoms with Crippen molar-refractivity contribution >= 4 is 16.7 Å². The molecule has 2 atom stereocenters. The topological polar surface area (TPSA) is 38.8 Å². The van der Waals surface area contributed by atoms with Crippen molar-refractivity contribution in [2.75, 3.05) is 39.5 Å². The van der Waals surface area contributed by atoms with E-state index in [2.05, 4.69) is 61.2 Å². The smallest absolute Gasteiger partial charge is 0.309 e. The summed E-state index contributed by atoms with van der Waals surface area (Å²) in [5, 5.41) is 2.45. The van der Waals surface area contributed by atoms with Crippen molar-refractivity contribution in [1.82, 2.24) is 4.90 Å². The molecule has 4 nitrogen and oxygen atoms in total. The van der Waals surface area contributed by atoms with E-state index in [-0.39, 0.29) is 11.9 Å². The van der Waals surface area contributed by atoms with Crippen molar-refractivity contribution in [3.8, 4) is 0 Å². The number of hydrogen-bond acceptors (Lipinski definition) is 4. The summed E-state index contributed by atoms with van der Waals surface area (Å²) in [5.74, 6) is 0.275. The van der Waals surface area contributed by atoms with Gasteiger partial charge in [0, 0.05) is 19.8 Å². The van der Waals surface area contributed by atoms with Gasteiger partial charge < -0.3 is 14.4 Å². The van der Waals surface area contributed by atoms with Crippen LogP contribution in [0, 0.1) is 11.8 Å². The van der Waals surface area contributed by atoms with Crippen LogP contribution in [-0.4, -0.2) is 50.3 Å². The van der Waals surface area contributed by atoms with Gasteiger partial charge in [0.1, 0.15) is 6.61 Å². The molecule has 1 aliphatic heterocycles. The molecule has 0 spiro atoms. The Morgan fingerprint density at radius 3 is 2.71 bits per heavy atom. The highest BCUT2D eigenvalue weighted by Crippen LogP contribution is 2.28. The van der Waals surface area contributed by atoms with E-state index in [4.69, 9.17) is 9.47 Å². The Balaban J connectivity index is 1.69. The lowest BCUT2D eigenvalue weighted by molar-refractivity contribution is -0.149. The summed E-state index contributed by atoms with van der Waals surface area (Å²) in [4.78, 5) is 15.2. The lowest BCUT2D eigenvalue weighted by Gasteiger charge is -2.22. The summed E-state index contributed by atoms with van der Waals surface area (Å²) in [6.07, 6.45) is 2.61. The van der Waals surface area contributed by atoms with Crippen LogP contribution in [0.4, 0.5) is 0 Å². The number of carbonyl (C=O) groups excluding carboxylic acids is 1. The SMILES string of the molecule is CCN(CC)CCOC(=O)C(Cc1cccc2ccccc12)CC1CCOC1. The highest BCUT2D eigenvalue weighted by atomic mass is 16.5. The molecule has 2 aromatic carbocycles. The van der Waals surface area contributed by atoms with Crippen molar-refractivity contribution in [3.05, 3.63) is 48.0 Å². The van der Waals surface area contributed by atoms with Gasteiger partial charge in [0.25, 0.3) is 0 Å². The van der Waals surface area contributed by atoms with Gasteiger partial charge >= 0.3 is 5.97 Å². The van der Waals surface area contributed by atoms with E-state index < -0.39 is 0 Å². The number of hydrogen-bond donors (Lipinski definition) is 0. The van der Waals surface area contributed by atoms with Crippen LogP contribution in [0.25, 0.3) is 10.8 Å². The second-order valence-electron chi connectivity index (χ2n) is 7.70. The average Bonchev–Trinajstić information content (AvgIpc) is 3.24. The molecule has 28 heavy (non-hydrogen) atoms. The number of likely N-dealkylation sites (N-methyl/N-ethyl adjacent to an activating group) is 1. The first kappa shape index (κ1) is 20.8. The second kappa shape index (κ2) is 10.6. The fourth-order valence-electron chi connectivity index (χ4n) is 4.10. The first-order valence-electron chi connectivity index (χ1n) is 10.6. The number of benzene rings is 2. The summed E-state index contributed by atoms with van der Waals surface area (Å²) in [5.41, 5.74) is 1.22. The van der Waals surface area contributed by atoms with Crippen LogP contribution in [0.5, 0.6) is 0 Å².